The van der Waals surface area contributed by atoms with Gasteiger partial charge in [0, 0.05) is 12.8 Å². The maximum Gasteiger partial charge on any atom is 0.416 e. The molecule has 0 aromatic rings. The monoisotopic (exact) mass is 542 g/mol. The highest BCUT2D eigenvalue weighted by Gasteiger charge is 2.35. The van der Waals surface area contributed by atoms with Crippen molar-refractivity contribution in [2.45, 2.75) is 121 Å². The fourth-order valence-electron chi connectivity index (χ4n) is 2.55. The number of rotatable bonds is 11. The van der Waals surface area contributed by atoms with Crippen LogP contribution in [0, 0.1) is 0 Å². The molecule has 0 saturated heterocycles. The van der Waals surface area contributed by atoms with Gasteiger partial charge in [0.05, 0.1) is 5.57 Å². The van der Waals surface area contributed by atoms with Crippen LogP contribution < -0.4 is 0 Å². The van der Waals surface area contributed by atoms with E-state index < -0.39 is 17.7 Å². The molecule has 0 aliphatic carbocycles. The first-order chi connectivity index (χ1) is 17.5. The van der Waals surface area contributed by atoms with Gasteiger partial charge in [-0.05, 0) is 70.3 Å². The van der Waals surface area contributed by atoms with Crippen molar-refractivity contribution in [3.8, 4) is 0 Å². The van der Waals surface area contributed by atoms with Crippen molar-refractivity contribution in [1.82, 2.24) is 0 Å². The van der Waals surface area contributed by atoms with E-state index in [0.29, 0.717) is 47.1 Å². The quantitative estimate of drug-likeness (QED) is 0.264. The van der Waals surface area contributed by atoms with Crippen molar-refractivity contribution in [3.05, 3.63) is 70.4 Å². The minimum Gasteiger partial charge on any atom is -0.481 e. The van der Waals surface area contributed by atoms with Crippen LogP contribution in [0.3, 0.4) is 0 Å². The molecule has 38 heavy (non-hydrogen) atoms. The van der Waals surface area contributed by atoms with E-state index in [4.69, 9.17) is 5.11 Å². The van der Waals surface area contributed by atoms with Gasteiger partial charge in [0.15, 0.2) is 0 Å². The lowest BCUT2D eigenvalue weighted by molar-refractivity contribution is -0.136. The highest BCUT2D eigenvalue weighted by atomic mass is 19.4. The summed E-state index contributed by atoms with van der Waals surface area (Å²) in [6.45, 7) is 27.8. The third-order valence-electron chi connectivity index (χ3n) is 4.93. The molecule has 220 valence electrons. The van der Waals surface area contributed by atoms with Crippen LogP contribution in [-0.2, 0) is 9.59 Å². The number of hydrogen-bond acceptors (Lipinski definition) is 2. The van der Waals surface area contributed by atoms with Gasteiger partial charge < -0.3 is 9.90 Å². The number of ketones is 1. The molecule has 1 N–H and O–H groups in total. The Morgan fingerprint density at radius 3 is 1.47 bits per heavy atom. The molecule has 0 aromatic heterocycles. The summed E-state index contributed by atoms with van der Waals surface area (Å²) in [6.07, 6.45) is 4.26. The lowest BCUT2D eigenvalue weighted by Gasteiger charge is -2.19. The Morgan fingerprint density at radius 1 is 0.789 bits per heavy atom. The number of Topliss-reactive ketones (excluding diaryl/α,β-unsaturated/α-hetero) is 1. The van der Waals surface area contributed by atoms with Gasteiger partial charge in [0.25, 0.3) is 0 Å². The number of hydrogen-bond donors (Lipinski definition) is 1. The average molecular weight is 543 g/mol. The number of aliphatic carboxylic acids is 1. The maximum absolute atomic E-state index is 13.9. The predicted octanol–water partition coefficient (Wildman–Crippen LogP) is 10.9. The lowest BCUT2D eigenvalue weighted by Crippen LogP contribution is -2.15. The van der Waals surface area contributed by atoms with Crippen molar-refractivity contribution in [2.75, 3.05) is 0 Å². The van der Waals surface area contributed by atoms with Gasteiger partial charge >= 0.3 is 12.1 Å². The fourth-order valence-corrected chi connectivity index (χ4v) is 2.55. The van der Waals surface area contributed by atoms with Gasteiger partial charge in [-0.1, -0.05) is 96.4 Å². The van der Waals surface area contributed by atoms with Gasteiger partial charge in [-0.3, -0.25) is 4.79 Å². The summed E-state index contributed by atoms with van der Waals surface area (Å²) < 4.78 is 41.6. The SMILES string of the molecule is C=C(C)\C(C)=C/C(=C(CCC)/C(=C/C=C(/C)CCC)C(=C)C)C(F)(F)F.CC.CCC(=O)O.CCC(C)=O. The van der Waals surface area contributed by atoms with E-state index in [1.165, 1.54) is 6.08 Å². The van der Waals surface area contributed by atoms with E-state index in [1.807, 2.05) is 40.7 Å². The zero-order valence-corrected chi connectivity index (χ0v) is 25.8. The number of halogens is 3. The zero-order valence-electron chi connectivity index (χ0n) is 25.8. The third kappa shape index (κ3) is 23.7. The molecule has 0 amide bonds. The first-order valence-electron chi connectivity index (χ1n) is 13.4. The van der Waals surface area contributed by atoms with Crippen molar-refractivity contribution in [1.29, 1.82) is 0 Å². The Balaban J connectivity index is -0.000000400. The molecule has 0 bridgehead atoms. The normalized spacial score (nSPS) is 12.4. The van der Waals surface area contributed by atoms with E-state index >= 15 is 0 Å². The van der Waals surface area contributed by atoms with E-state index in [0.717, 1.165) is 18.4 Å². The van der Waals surface area contributed by atoms with Crippen LogP contribution in [0.1, 0.15) is 115 Å². The molecule has 0 aliphatic heterocycles. The van der Waals surface area contributed by atoms with Gasteiger partial charge in [0.1, 0.15) is 5.78 Å². The second-order valence-electron chi connectivity index (χ2n) is 8.67. The minimum absolute atomic E-state index is 0.222. The Bertz CT molecular complexity index is 838. The van der Waals surface area contributed by atoms with Crippen molar-refractivity contribution < 1.29 is 27.9 Å². The molecule has 0 fully saturated rings. The second kappa shape index (κ2) is 24.7. The summed E-state index contributed by atoms with van der Waals surface area (Å²) in [6, 6.07) is 0. The zero-order chi connectivity index (χ0) is 31.1. The molecule has 6 heteroatoms. The van der Waals surface area contributed by atoms with Crippen LogP contribution in [-0.4, -0.2) is 23.0 Å². The number of alkyl halides is 3. The number of carbonyl (C=O) groups excluding carboxylic acids is 1. The Kier molecular flexibility index (Phi) is 27.6. The smallest absolute Gasteiger partial charge is 0.416 e. The standard InChI is InChI=1S/C23H33F3.C4H8O.C3H6O2.C2H6/c1-9-11-18(7)13-14-20(17(5)6)21(12-10-2)22(23(24,25)26)15-19(8)16(3)4;1-3-4(2)5;1-2-3(4)5;1-2/h13-15H,3,5,9-12H2,1-2,4,6-8H3;3H2,1-2H3;2H2,1H3,(H,4,5);1-2H3/b18-13-,19-15-,20-14+,22-21-;;;. The summed E-state index contributed by atoms with van der Waals surface area (Å²) in [5.41, 5.74) is 3.21. The second-order valence-corrected chi connectivity index (χ2v) is 8.67. The maximum atomic E-state index is 13.9. The first-order valence-corrected chi connectivity index (χ1v) is 13.4. The van der Waals surface area contributed by atoms with E-state index in [-0.39, 0.29) is 12.2 Å². The van der Waals surface area contributed by atoms with Crippen molar-refractivity contribution in [3.63, 3.8) is 0 Å². The molecule has 0 aromatic carbocycles. The van der Waals surface area contributed by atoms with Crippen LogP contribution in [0.4, 0.5) is 13.2 Å². The summed E-state index contributed by atoms with van der Waals surface area (Å²) in [4.78, 5) is 19.2. The van der Waals surface area contributed by atoms with E-state index in [2.05, 4.69) is 20.1 Å². The molecule has 0 saturated carbocycles. The summed E-state index contributed by atoms with van der Waals surface area (Å²) in [5.74, 6) is -0.491. The molecule has 0 atom stereocenters. The summed E-state index contributed by atoms with van der Waals surface area (Å²) >= 11 is 0. The summed E-state index contributed by atoms with van der Waals surface area (Å²) in [5, 5.41) is 7.72. The fraction of sp³-hybridized carbons (Fsp3) is 0.562. The van der Waals surface area contributed by atoms with Crippen LogP contribution in [0.5, 0.6) is 0 Å². The molecular weight excluding hydrogens is 489 g/mol. The molecule has 0 aliphatic rings. The van der Waals surface area contributed by atoms with Gasteiger partial charge in [-0.15, -0.1) is 0 Å². The van der Waals surface area contributed by atoms with Crippen LogP contribution in [0.2, 0.25) is 0 Å². The highest BCUT2D eigenvalue weighted by Crippen LogP contribution is 2.37. The average Bonchev–Trinajstić information content (AvgIpc) is 2.83. The Morgan fingerprint density at radius 2 is 1.21 bits per heavy atom. The minimum atomic E-state index is -4.43. The molecule has 0 spiro atoms. The molecule has 0 unspecified atom stereocenters. The molecule has 0 rings (SSSR count). The van der Waals surface area contributed by atoms with Crippen molar-refractivity contribution >= 4 is 11.8 Å². The Hall–Kier alpha value is -2.63. The third-order valence-corrected chi connectivity index (χ3v) is 4.93. The van der Waals surface area contributed by atoms with Gasteiger partial charge in [0.2, 0.25) is 0 Å². The molecule has 3 nitrogen and oxygen atoms in total. The summed E-state index contributed by atoms with van der Waals surface area (Å²) in [7, 11) is 0. The van der Waals surface area contributed by atoms with Crippen LogP contribution >= 0.6 is 0 Å². The first kappa shape index (κ1) is 42.5. The molecular formula is C32H53F3O3. The van der Waals surface area contributed by atoms with Crippen LogP contribution in [0.25, 0.3) is 0 Å². The number of carbonyl (C=O) groups is 2. The predicted molar refractivity (Wildman–Crippen MR) is 158 cm³/mol. The van der Waals surface area contributed by atoms with E-state index in [9.17, 15) is 22.8 Å². The van der Waals surface area contributed by atoms with Gasteiger partial charge in [-0.2, -0.15) is 13.2 Å². The lowest BCUT2D eigenvalue weighted by atomic mass is 9.89. The van der Waals surface area contributed by atoms with Crippen molar-refractivity contribution in [2.24, 2.45) is 0 Å². The number of allylic oxidation sites excluding steroid dienone is 10. The topological polar surface area (TPSA) is 54.4 Å². The largest absolute Gasteiger partial charge is 0.481 e. The number of carboxylic acid groups (broad SMARTS) is 1. The highest BCUT2D eigenvalue weighted by molar-refractivity contribution is 5.74. The van der Waals surface area contributed by atoms with Gasteiger partial charge in [-0.25, -0.2) is 0 Å². The van der Waals surface area contributed by atoms with E-state index in [1.54, 1.807) is 40.7 Å². The van der Waals surface area contributed by atoms with Crippen LogP contribution in [0.15, 0.2) is 70.4 Å². The number of carboxylic acids is 1. The molecule has 0 radical (unpaired) electrons. The Labute approximate surface area is 231 Å². The molecule has 0 heterocycles.